The van der Waals surface area contributed by atoms with Crippen molar-refractivity contribution in [2.45, 2.75) is 70.9 Å². The molecule has 0 saturated heterocycles. The Balaban J connectivity index is 1.71. The van der Waals surface area contributed by atoms with Crippen LogP contribution in [0.5, 0.6) is 0 Å². The molecule has 4 unspecified atom stereocenters. The van der Waals surface area contributed by atoms with Gasteiger partial charge in [0, 0.05) is 19.2 Å². The van der Waals surface area contributed by atoms with Gasteiger partial charge in [-0.15, -0.1) is 0 Å². The maximum Gasteiger partial charge on any atom is 0.407 e. The van der Waals surface area contributed by atoms with Crippen LogP contribution in [0.2, 0.25) is 0 Å². The Morgan fingerprint density at radius 3 is 2.39 bits per heavy atom. The summed E-state index contributed by atoms with van der Waals surface area (Å²) in [5.74, 6) is 1.57. The third-order valence-corrected chi connectivity index (χ3v) is 5.26. The van der Waals surface area contributed by atoms with Gasteiger partial charge in [-0.1, -0.05) is 12.8 Å². The Hall–Kier alpha value is -0.810. The number of amides is 1. The van der Waals surface area contributed by atoms with Gasteiger partial charge >= 0.3 is 6.09 Å². The smallest absolute Gasteiger partial charge is 0.407 e. The van der Waals surface area contributed by atoms with Crippen molar-refractivity contribution in [1.29, 1.82) is 0 Å². The zero-order chi connectivity index (χ0) is 16.9. The molecule has 0 spiro atoms. The summed E-state index contributed by atoms with van der Waals surface area (Å²) in [6.07, 6.45) is 6.86. The molecule has 1 amide bonds. The van der Waals surface area contributed by atoms with Crippen LogP contribution < -0.4 is 10.6 Å². The molecule has 0 radical (unpaired) electrons. The lowest BCUT2D eigenvalue weighted by Crippen LogP contribution is -2.42. The second kappa shape index (κ2) is 8.34. The van der Waals surface area contributed by atoms with Crippen molar-refractivity contribution in [2.75, 3.05) is 19.7 Å². The Morgan fingerprint density at radius 2 is 1.70 bits per heavy atom. The molecule has 2 rings (SSSR count). The number of carbonyl (C=O) groups is 1. The number of aliphatic hydroxyl groups is 1. The highest BCUT2D eigenvalue weighted by molar-refractivity contribution is 5.67. The highest BCUT2D eigenvalue weighted by Crippen LogP contribution is 2.32. The van der Waals surface area contributed by atoms with Crippen LogP contribution in [-0.2, 0) is 4.74 Å². The summed E-state index contributed by atoms with van der Waals surface area (Å²) >= 11 is 0. The first-order valence-electron chi connectivity index (χ1n) is 9.20. The first kappa shape index (κ1) is 18.5. The quantitative estimate of drug-likeness (QED) is 0.702. The topological polar surface area (TPSA) is 70.6 Å². The molecular formula is C18H34N2O3. The summed E-state index contributed by atoms with van der Waals surface area (Å²) in [6, 6.07) is 0.477. The molecule has 0 aliphatic heterocycles. The number of aliphatic hydroxyl groups excluding tert-OH is 1. The van der Waals surface area contributed by atoms with Gasteiger partial charge in [0.15, 0.2) is 0 Å². The Kier molecular flexibility index (Phi) is 6.72. The maximum atomic E-state index is 11.8. The van der Waals surface area contributed by atoms with Gasteiger partial charge in [0.25, 0.3) is 0 Å². The first-order chi connectivity index (χ1) is 10.9. The molecular weight excluding hydrogens is 292 g/mol. The molecule has 0 heterocycles. The molecule has 4 atom stereocenters. The number of ether oxygens (including phenoxy) is 1. The van der Waals surface area contributed by atoms with Crippen molar-refractivity contribution >= 4 is 6.09 Å². The van der Waals surface area contributed by atoms with Gasteiger partial charge in [-0.25, -0.2) is 4.79 Å². The van der Waals surface area contributed by atoms with Crippen LogP contribution in [0.25, 0.3) is 0 Å². The van der Waals surface area contributed by atoms with E-state index in [-0.39, 0.29) is 6.09 Å². The van der Waals surface area contributed by atoms with Gasteiger partial charge < -0.3 is 20.5 Å². The van der Waals surface area contributed by atoms with E-state index in [1.54, 1.807) is 0 Å². The van der Waals surface area contributed by atoms with Gasteiger partial charge in [-0.3, -0.25) is 0 Å². The summed E-state index contributed by atoms with van der Waals surface area (Å²) in [6.45, 7) is 7.64. The summed E-state index contributed by atoms with van der Waals surface area (Å²) in [7, 11) is 0. The van der Waals surface area contributed by atoms with E-state index in [4.69, 9.17) is 4.74 Å². The Morgan fingerprint density at radius 1 is 1.04 bits per heavy atom. The van der Waals surface area contributed by atoms with Crippen molar-refractivity contribution in [3.63, 3.8) is 0 Å². The molecule has 134 valence electrons. The minimum atomic E-state index is -0.445. The minimum absolute atomic E-state index is 0.320. The van der Waals surface area contributed by atoms with Crippen LogP contribution in [0, 0.1) is 17.8 Å². The third-order valence-electron chi connectivity index (χ3n) is 5.26. The Bertz CT molecular complexity index is 381. The normalized spacial score (nSPS) is 31.3. The second-order valence-electron chi connectivity index (χ2n) is 8.22. The number of hydrogen-bond donors (Lipinski definition) is 3. The fourth-order valence-corrected chi connectivity index (χ4v) is 4.00. The van der Waals surface area contributed by atoms with Crippen LogP contribution in [0.1, 0.15) is 59.3 Å². The average molecular weight is 326 g/mol. The van der Waals surface area contributed by atoms with Crippen LogP contribution in [0.4, 0.5) is 4.79 Å². The van der Waals surface area contributed by atoms with Crippen molar-refractivity contribution < 1.29 is 14.6 Å². The molecule has 0 aromatic carbocycles. The monoisotopic (exact) mass is 326 g/mol. The van der Waals surface area contributed by atoms with Gasteiger partial charge in [-0.05, 0) is 70.8 Å². The largest absolute Gasteiger partial charge is 0.444 e. The second-order valence-corrected chi connectivity index (χ2v) is 8.22. The highest BCUT2D eigenvalue weighted by Gasteiger charge is 2.31. The lowest BCUT2D eigenvalue weighted by molar-refractivity contribution is 0.0517. The summed E-state index contributed by atoms with van der Waals surface area (Å²) in [5.41, 5.74) is -0.445. The number of alkyl carbamates (subject to hydrolysis) is 1. The zero-order valence-corrected chi connectivity index (χ0v) is 14.9. The number of rotatable bonds is 6. The molecule has 2 saturated carbocycles. The first-order valence-corrected chi connectivity index (χ1v) is 9.20. The SMILES string of the molecule is CC(C)(C)OC(=O)NCC1CCCC1NCC1CCCC1CO. The zero-order valence-electron chi connectivity index (χ0n) is 14.9. The van der Waals surface area contributed by atoms with E-state index < -0.39 is 5.60 Å². The Labute approximate surface area is 140 Å². The van der Waals surface area contributed by atoms with E-state index in [0.29, 0.717) is 36.9 Å². The van der Waals surface area contributed by atoms with Crippen LogP contribution in [-0.4, -0.2) is 42.5 Å². The molecule has 0 aromatic heterocycles. The summed E-state index contributed by atoms with van der Waals surface area (Å²) < 4.78 is 5.30. The number of nitrogens with one attached hydrogen (secondary N) is 2. The molecule has 5 nitrogen and oxygen atoms in total. The van der Waals surface area contributed by atoms with E-state index >= 15 is 0 Å². The number of carbonyl (C=O) groups excluding carboxylic acids is 1. The van der Waals surface area contributed by atoms with Gasteiger partial charge in [-0.2, -0.15) is 0 Å². The standard InChI is InChI=1S/C18H34N2O3/c1-18(2,3)23-17(22)20-11-14-7-5-9-16(14)19-10-13-6-4-8-15(13)12-21/h13-16,19,21H,4-12H2,1-3H3,(H,20,22). The minimum Gasteiger partial charge on any atom is -0.444 e. The molecule has 0 bridgehead atoms. The van der Waals surface area contributed by atoms with Crippen molar-refractivity contribution in [3.8, 4) is 0 Å². The molecule has 5 heteroatoms. The van der Waals surface area contributed by atoms with E-state index in [9.17, 15) is 9.90 Å². The summed E-state index contributed by atoms with van der Waals surface area (Å²) in [5, 5.41) is 16.1. The highest BCUT2D eigenvalue weighted by atomic mass is 16.6. The fourth-order valence-electron chi connectivity index (χ4n) is 4.00. The molecule has 2 aliphatic carbocycles. The number of hydrogen-bond acceptors (Lipinski definition) is 4. The molecule has 23 heavy (non-hydrogen) atoms. The van der Waals surface area contributed by atoms with Crippen molar-refractivity contribution in [3.05, 3.63) is 0 Å². The van der Waals surface area contributed by atoms with Crippen LogP contribution in [0.3, 0.4) is 0 Å². The van der Waals surface area contributed by atoms with Gasteiger partial charge in [0.2, 0.25) is 0 Å². The molecule has 0 aromatic rings. The van der Waals surface area contributed by atoms with Gasteiger partial charge in [0.05, 0.1) is 0 Å². The van der Waals surface area contributed by atoms with E-state index in [1.807, 2.05) is 20.8 Å². The van der Waals surface area contributed by atoms with E-state index in [2.05, 4.69) is 10.6 Å². The predicted octanol–water partition coefficient (Wildman–Crippen LogP) is 2.68. The van der Waals surface area contributed by atoms with Gasteiger partial charge in [0.1, 0.15) is 5.60 Å². The summed E-state index contributed by atoms with van der Waals surface area (Å²) in [4.78, 5) is 11.8. The third kappa shape index (κ3) is 5.96. The molecule has 2 aliphatic rings. The lowest BCUT2D eigenvalue weighted by atomic mass is 9.95. The molecule has 3 N–H and O–H groups in total. The maximum absolute atomic E-state index is 11.8. The van der Waals surface area contributed by atoms with Crippen molar-refractivity contribution in [2.24, 2.45) is 17.8 Å². The van der Waals surface area contributed by atoms with Crippen LogP contribution in [0.15, 0.2) is 0 Å². The molecule has 2 fully saturated rings. The predicted molar refractivity (Wildman–Crippen MR) is 91.3 cm³/mol. The average Bonchev–Trinajstić information content (AvgIpc) is 3.09. The van der Waals surface area contributed by atoms with E-state index in [1.165, 1.54) is 25.7 Å². The lowest BCUT2D eigenvalue weighted by Gasteiger charge is -2.26. The van der Waals surface area contributed by atoms with Crippen LogP contribution >= 0.6 is 0 Å². The fraction of sp³-hybridized carbons (Fsp3) is 0.944. The van der Waals surface area contributed by atoms with E-state index in [0.717, 1.165) is 19.4 Å². The van der Waals surface area contributed by atoms with Crippen molar-refractivity contribution in [1.82, 2.24) is 10.6 Å².